The SMILES string of the molecule is Cc1cnc(N2CC3CCN(C(=O)c4c(F)cccc4[N+]4=NC=C4)CC32)cn1. The summed E-state index contributed by atoms with van der Waals surface area (Å²) in [5.74, 6) is 0.552. The molecule has 4 heterocycles. The maximum absolute atomic E-state index is 14.6. The first kappa shape index (κ1) is 17.0. The molecular weight excluding hydrogens is 359 g/mol. The number of likely N-dealkylation sites (tertiary alicyclic amines) is 1. The van der Waals surface area contributed by atoms with Crippen molar-refractivity contribution in [2.75, 3.05) is 24.5 Å². The van der Waals surface area contributed by atoms with Gasteiger partial charge in [-0.05, 0) is 24.1 Å². The van der Waals surface area contributed by atoms with Crippen molar-refractivity contribution >= 4 is 17.4 Å². The molecule has 1 amide bonds. The minimum atomic E-state index is -0.519. The molecule has 3 aliphatic heterocycles. The molecule has 2 saturated heterocycles. The summed E-state index contributed by atoms with van der Waals surface area (Å²) in [6.07, 6.45) is 7.76. The van der Waals surface area contributed by atoms with Gasteiger partial charge in [0, 0.05) is 36.7 Å². The molecule has 7 nitrogen and oxygen atoms in total. The van der Waals surface area contributed by atoms with E-state index in [1.807, 2.05) is 6.92 Å². The number of halogens is 1. The maximum atomic E-state index is 14.6. The number of benzene rings is 1. The van der Waals surface area contributed by atoms with E-state index in [1.54, 1.807) is 41.8 Å². The molecule has 1 aromatic heterocycles. The Labute approximate surface area is 161 Å². The molecule has 0 bridgehead atoms. The first-order valence-electron chi connectivity index (χ1n) is 9.41. The van der Waals surface area contributed by atoms with Crippen molar-refractivity contribution in [1.82, 2.24) is 14.9 Å². The maximum Gasteiger partial charge on any atom is 0.263 e. The van der Waals surface area contributed by atoms with E-state index < -0.39 is 5.82 Å². The highest BCUT2D eigenvalue weighted by molar-refractivity contribution is 5.98. The van der Waals surface area contributed by atoms with Crippen LogP contribution in [0.4, 0.5) is 15.9 Å². The van der Waals surface area contributed by atoms with E-state index in [9.17, 15) is 9.18 Å². The molecule has 2 unspecified atom stereocenters. The summed E-state index contributed by atoms with van der Waals surface area (Å²) >= 11 is 0. The Bertz CT molecular complexity index is 1000. The number of carbonyl (C=O) groups excluding carboxylic acids is 1. The van der Waals surface area contributed by atoms with Crippen LogP contribution in [-0.4, -0.2) is 51.1 Å². The lowest BCUT2D eigenvalue weighted by Gasteiger charge is -2.53. The van der Waals surface area contributed by atoms with Gasteiger partial charge in [-0.25, -0.2) is 9.37 Å². The molecule has 2 atom stereocenters. The zero-order valence-electron chi connectivity index (χ0n) is 15.5. The summed E-state index contributed by atoms with van der Waals surface area (Å²) in [6, 6.07) is 4.83. The van der Waals surface area contributed by atoms with Crippen LogP contribution >= 0.6 is 0 Å². The lowest BCUT2D eigenvalue weighted by Crippen LogP contribution is -2.65. The second-order valence-corrected chi connectivity index (χ2v) is 7.43. The van der Waals surface area contributed by atoms with Crippen LogP contribution in [0.15, 0.2) is 48.1 Å². The molecule has 5 rings (SSSR count). The van der Waals surface area contributed by atoms with Crippen LogP contribution in [0.25, 0.3) is 0 Å². The van der Waals surface area contributed by atoms with E-state index in [-0.39, 0.29) is 17.5 Å². The number of hydrogen-bond donors (Lipinski definition) is 0. The Morgan fingerprint density at radius 2 is 2.11 bits per heavy atom. The number of hydrogen-bond acceptors (Lipinski definition) is 5. The number of carbonyl (C=O) groups is 1. The van der Waals surface area contributed by atoms with Gasteiger partial charge in [-0.15, -0.1) is 0 Å². The second kappa shape index (κ2) is 6.47. The molecule has 0 radical (unpaired) electrons. The molecule has 1 aromatic carbocycles. The van der Waals surface area contributed by atoms with Crippen molar-refractivity contribution in [3.8, 4) is 0 Å². The number of fused-ring (bicyclic) bond motifs is 1. The Kier molecular flexibility index (Phi) is 3.92. The van der Waals surface area contributed by atoms with E-state index in [1.165, 1.54) is 10.8 Å². The number of aryl methyl sites for hydroxylation is 1. The van der Waals surface area contributed by atoms with Gasteiger partial charge >= 0.3 is 0 Å². The Balaban J connectivity index is 1.38. The van der Waals surface area contributed by atoms with E-state index >= 15 is 0 Å². The molecule has 142 valence electrons. The largest absolute Gasteiger partial charge is 0.350 e. The molecule has 2 fully saturated rings. The van der Waals surface area contributed by atoms with Gasteiger partial charge in [0.25, 0.3) is 11.6 Å². The number of aromatic nitrogens is 2. The van der Waals surface area contributed by atoms with E-state index in [4.69, 9.17) is 0 Å². The summed E-state index contributed by atoms with van der Waals surface area (Å²) in [4.78, 5) is 25.9. The summed E-state index contributed by atoms with van der Waals surface area (Å²) in [6.45, 7) is 4.02. The van der Waals surface area contributed by atoms with Crippen molar-refractivity contribution in [2.45, 2.75) is 19.4 Å². The fraction of sp³-hybridized carbons (Fsp3) is 0.350. The van der Waals surface area contributed by atoms with Gasteiger partial charge < -0.3 is 9.80 Å². The highest BCUT2D eigenvalue weighted by Gasteiger charge is 2.45. The fourth-order valence-corrected chi connectivity index (χ4v) is 4.13. The van der Waals surface area contributed by atoms with Gasteiger partial charge in [0.1, 0.15) is 17.2 Å². The lowest BCUT2D eigenvalue weighted by atomic mass is 9.82. The molecule has 2 aromatic rings. The third-order valence-electron chi connectivity index (χ3n) is 5.75. The molecule has 3 aliphatic rings. The van der Waals surface area contributed by atoms with E-state index in [0.29, 0.717) is 24.7 Å². The molecule has 0 saturated carbocycles. The van der Waals surface area contributed by atoms with E-state index in [0.717, 1.165) is 24.5 Å². The number of piperidine rings is 1. The first-order valence-corrected chi connectivity index (χ1v) is 9.41. The number of azo groups is 2. The molecule has 0 spiro atoms. The average molecular weight is 379 g/mol. The normalized spacial score (nSPS) is 22.9. The number of amides is 1. The molecule has 8 heteroatoms. The molecule has 28 heavy (non-hydrogen) atoms. The van der Waals surface area contributed by atoms with Crippen molar-refractivity contribution < 1.29 is 13.9 Å². The summed E-state index contributed by atoms with van der Waals surface area (Å²) < 4.78 is 16.1. The van der Waals surface area contributed by atoms with Crippen molar-refractivity contribution in [2.24, 2.45) is 11.0 Å². The van der Waals surface area contributed by atoms with Crippen molar-refractivity contribution in [3.05, 3.63) is 60.1 Å². The van der Waals surface area contributed by atoms with Gasteiger partial charge in [-0.2, -0.15) is 0 Å². The lowest BCUT2D eigenvalue weighted by molar-refractivity contribution is -0.456. The Morgan fingerprint density at radius 1 is 1.25 bits per heavy atom. The molecule has 0 aliphatic carbocycles. The van der Waals surface area contributed by atoms with Crippen LogP contribution in [0.1, 0.15) is 22.5 Å². The fourth-order valence-electron chi connectivity index (χ4n) is 4.13. The number of anilines is 1. The minimum Gasteiger partial charge on any atom is -0.350 e. The highest BCUT2D eigenvalue weighted by atomic mass is 19.1. The third kappa shape index (κ3) is 2.67. The van der Waals surface area contributed by atoms with E-state index in [2.05, 4.69) is 20.0 Å². The summed E-state index contributed by atoms with van der Waals surface area (Å²) in [7, 11) is 0. The van der Waals surface area contributed by atoms with Gasteiger partial charge in [0.2, 0.25) is 6.20 Å². The van der Waals surface area contributed by atoms with Crippen molar-refractivity contribution in [1.29, 1.82) is 0 Å². The van der Waals surface area contributed by atoms with Crippen LogP contribution in [0, 0.1) is 18.7 Å². The smallest absolute Gasteiger partial charge is 0.263 e. The second-order valence-electron chi connectivity index (χ2n) is 7.43. The Hall–Kier alpha value is -3.16. The van der Waals surface area contributed by atoms with Crippen LogP contribution < -0.4 is 4.90 Å². The number of nitrogens with zero attached hydrogens (tertiary/aromatic N) is 6. The first-order chi connectivity index (χ1) is 13.6. The predicted molar refractivity (Wildman–Crippen MR) is 99.8 cm³/mol. The zero-order chi connectivity index (χ0) is 19.3. The molecular formula is C20H20FN6O+. The minimum absolute atomic E-state index is 0.0788. The summed E-state index contributed by atoms with van der Waals surface area (Å²) in [5, 5.41) is 4.06. The number of rotatable bonds is 3. The topological polar surface area (TPSA) is 64.7 Å². The Morgan fingerprint density at radius 3 is 2.82 bits per heavy atom. The van der Waals surface area contributed by atoms with Gasteiger partial charge in [0.05, 0.1) is 24.1 Å². The highest BCUT2D eigenvalue weighted by Crippen LogP contribution is 2.36. The van der Waals surface area contributed by atoms with Crippen LogP contribution in [0.5, 0.6) is 0 Å². The van der Waals surface area contributed by atoms with Crippen LogP contribution in [0.3, 0.4) is 0 Å². The van der Waals surface area contributed by atoms with Gasteiger partial charge in [-0.1, -0.05) is 6.07 Å². The molecule has 0 N–H and O–H groups in total. The third-order valence-corrected chi connectivity index (χ3v) is 5.75. The van der Waals surface area contributed by atoms with Gasteiger partial charge in [-0.3, -0.25) is 9.78 Å². The van der Waals surface area contributed by atoms with Gasteiger partial charge in [0.15, 0.2) is 6.20 Å². The van der Waals surface area contributed by atoms with Crippen molar-refractivity contribution in [3.63, 3.8) is 0 Å². The van der Waals surface area contributed by atoms with Crippen LogP contribution in [-0.2, 0) is 0 Å². The zero-order valence-corrected chi connectivity index (χ0v) is 15.5. The predicted octanol–water partition coefficient (Wildman–Crippen LogP) is 2.86. The quantitative estimate of drug-likeness (QED) is 0.770. The van der Waals surface area contributed by atoms with Crippen LogP contribution in [0.2, 0.25) is 0 Å². The summed E-state index contributed by atoms with van der Waals surface area (Å²) in [5.41, 5.74) is 1.43. The monoisotopic (exact) mass is 379 g/mol. The standard InChI is InChI=1S/C20H20FN6O/c1-13-9-23-18(10-22-13)26-11-14-5-7-25(12-17(14)26)20(28)19-15(21)3-2-4-16(19)27-8-6-24-27/h2-4,6,8-10,14,17H,5,7,11-12H2,1H3/q+1. The average Bonchev–Trinajstić information content (AvgIpc) is 2.63.